The van der Waals surface area contributed by atoms with Gasteiger partial charge in [-0.1, -0.05) is 60.1 Å². The van der Waals surface area contributed by atoms with Crippen molar-refractivity contribution in [2.45, 2.75) is 205 Å². The number of aliphatic hydroxyl groups excluding tert-OH is 10. The molecule has 0 radical (unpaired) electrons. The van der Waals surface area contributed by atoms with Crippen LogP contribution in [-0.2, 0) is 38.0 Å². The van der Waals surface area contributed by atoms with Crippen LogP contribution in [0.1, 0.15) is 100 Å². The number of carbonyl (C=O) groups is 1. The fourth-order valence-corrected chi connectivity index (χ4v) is 15.0. The van der Waals surface area contributed by atoms with Gasteiger partial charge in [0.25, 0.3) is 0 Å². The van der Waals surface area contributed by atoms with Gasteiger partial charge >= 0.3 is 0 Å². The summed E-state index contributed by atoms with van der Waals surface area (Å²) < 4.78 is 43.2. The lowest BCUT2D eigenvalue weighted by molar-refractivity contribution is -0.393. The lowest BCUT2D eigenvalue weighted by Crippen LogP contribution is -2.70. The van der Waals surface area contributed by atoms with Gasteiger partial charge in [0.2, 0.25) is 0 Å². The van der Waals surface area contributed by atoms with E-state index in [0.717, 1.165) is 12.8 Å². The first kappa shape index (κ1) is 51.1. The Morgan fingerprint density at radius 1 is 0.742 bits per heavy atom. The second-order valence-corrected chi connectivity index (χ2v) is 23.3. The molecule has 4 saturated carbocycles. The maximum absolute atomic E-state index is 13.5. The Morgan fingerprint density at radius 3 is 2.02 bits per heavy atom. The molecule has 5 aliphatic carbocycles. The summed E-state index contributed by atoms with van der Waals surface area (Å²) in [6, 6.07) is 0. The van der Waals surface area contributed by atoms with Crippen LogP contribution in [0, 0.1) is 50.2 Å². The fourth-order valence-electron chi connectivity index (χ4n) is 15.0. The highest BCUT2D eigenvalue weighted by Gasteiger charge is 2.72. The van der Waals surface area contributed by atoms with E-state index in [-0.39, 0.29) is 53.5 Å². The molecule has 0 aromatic carbocycles. The van der Waals surface area contributed by atoms with Crippen molar-refractivity contribution in [2.24, 2.45) is 50.2 Å². The number of hydrogen-bond donors (Lipinski definition) is 10. The quantitative estimate of drug-likeness (QED) is 0.108. The van der Waals surface area contributed by atoms with Crippen molar-refractivity contribution in [1.82, 2.24) is 0 Å². The van der Waals surface area contributed by atoms with Gasteiger partial charge in [0.15, 0.2) is 18.9 Å². The van der Waals surface area contributed by atoms with E-state index in [1.54, 1.807) is 14.0 Å². The molecular formula is C48H78O18. The molecular weight excluding hydrogens is 865 g/mol. The minimum Gasteiger partial charge on any atom is -0.396 e. The lowest BCUT2D eigenvalue weighted by Gasteiger charge is -2.72. The average Bonchev–Trinajstić information content (AvgIpc) is 3.25. The van der Waals surface area contributed by atoms with E-state index < -0.39 is 133 Å². The number of Topliss-reactive ketones (excluding diaryl/α,β-unsaturated/α-hetero) is 1. The highest BCUT2D eigenvalue weighted by Crippen LogP contribution is 2.76. The number of aliphatic hydroxyl groups is 10. The van der Waals surface area contributed by atoms with Crippen molar-refractivity contribution < 1.29 is 89.0 Å². The van der Waals surface area contributed by atoms with Crippen molar-refractivity contribution in [3.05, 3.63) is 11.6 Å². The molecule has 0 aromatic rings. The number of ether oxygens (including phenoxy) is 7. The van der Waals surface area contributed by atoms with Crippen LogP contribution in [0.3, 0.4) is 0 Å². The van der Waals surface area contributed by atoms with Crippen molar-refractivity contribution in [1.29, 1.82) is 0 Å². The van der Waals surface area contributed by atoms with E-state index in [1.165, 1.54) is 5.57 Å². The molecule has 0 amide bonds. The average molecular weight is 943 g/mol. The summed E-state index contributed by atoms with van der Waals surface area (Å²) in [5.41, 5.74) is -2.03. The van der Waals surface area contributed by atoms with Crippen LogP contribution in [0.2, 0.25) is 0 Å². The van der Waals surface area contributed by atoms with Gasteiger partial charge in [0.05, 0.1) is 44.2 Å². The molecule has 24 atom stereocenters. The smallest absolute Gasteiger partial charge is 0.187 e. The molecule has 8 rings (SSSR count). The monoisotopic (exact) mass is 943 g/mol. The molecule has 18 nitrogen and oxygen atoms in total. The van der Waals surface area contributed by atoms with Crippen LogP contribution in [0.25, 0.3) is 0 Å². The number of fused-ring (bicyclic) bond motifs is 7. The van der Waals surface area contributed by atoms with E-state index in [2.05, 4.69) is 40.7 Å². The Hall–Kier alpha value is -1.27. The minimum atomic E-state index is -1.81. The summed E-state index contributed by atoms with van der Waals surface area (Å²) >= 11 is 0. The van der Waals surface area contributed by atoms with Gasteiger partial charge in [-0.15, -0.1) is 0 Å². The predicted molar refractivity (Wildman–Crippen MR) is 231 cm³/mol. The van der Waals surface area contributed by atoms with E-state index >= 15 is 0 Å². The molecule has 378 valence electrons. The van der Waals surface area contributed by atoms with Gasteiger partial charge < -0.3 is 84.2 Å². The van der Waals surface area contributed by atoms with Gasteiger partial charge in [-0.05, 0) is 78.9 Å². The minimum absolute atomic E-state index is 0.00598. The summed E-state index contributed by atoms with van der Waals surface area (Å²) in [6.45, 7) is 15.4. The molecule has 7 fully saturated rings. The van der Waals surface area contributed by atoms with Gasteiger partial charge in [0, 0.05) is 30.3 Å². The molecule has 3 heterocycles. The Bertz CT molecular complexity index is 1810. The van der Waals surface area contributed by atoms with Crippen LogP contribution in [-0.4, -0.2) is 188 Å². The second kappa shape index (κ2) is 17.8. The predicted octanol–water partition coefficient (Wildman–Crippen LogP) is 0.0553. The summed E-state index contributed by atoms with van der Waals surface area (Å²) in [4.78, 5) is 13.5. The zero-order valence-electron chi connectivity index (χ0n) is 39.9. The van der Waals surface area contributed by atoms with Crippen molar-refractivity contribution >= 4 is 5.78 Å². The Labute approximate surface area is 387 Å². The first-order chi connectivity index (χ1) is 30.8. The standard InChI is InChI=1S/C48H78O18/c1-21-31(54)34(57)37(66-42-38(35(58)33(56)26(18-49)63-42)65-40-36(59)32(55)24(51)19-61-40)41(62-21)64-30-11-12-45(6)27(44(30,4)5)10-13-46(7)39(45)25(60-9)14-22-23-15-43(2,3)28(52)17-48(23,20-50)29(53)16-47(22,46)8/h14,21,23-27,29-42,49-51,53-59H,10-13,15-20H2,1-9H3/t21-,23+,24-,25+,26-,27+,29-,30+,31+,32+,33+,34+,35+,36-,37-,38-,39-,40+,41+,42+,45+,46-,47-,48-/m1/s1. The number of allylic oxidation sites excluding steroid dienone is 1. The molecule has 18 heteroatoms. The maximum atomic E-state index is 13.5. The third-order valence-electron chi connectivity index (χ3n) is 19.2. The molecule has 66 heavy (non-hydrogen) atoms. The maximum Gasteiger partial charge on any atom is 0.187 e. The van der Waals surface area contributed by atoms with E-state index in [0.29, 0.717) is 25.7 Å². The number of carbonyl (C=O) groups excluding carboxylic acids is 1. The summed E-state index contributed by atoms with van der Waals surface area (Å²) in [7, 11) is 1.75. The first-order valence-electron chi connectivity index (χ1n) is 24.1. The van der Waals surface area contributed by atoms with Crippen LogP contribution in [0.15, 0.2) is 11.6 Å². The summed E-state index contributed by atoms with van der Waals surface area (Å²) in [5, 5.41) is 109. The van der Waals surface area contributed by atoms with Gasteiger partial charge in [-0.2, -0.15) is 0 Å². The molecule has 0 spiro atoms. The fraction of sp³-hybridized carbons (Fsp3) is 0.938. The number of methoxy groups -OCH3 is 1. The van der Waals surface area contributed by atoms with E-state index in [4.69, 9.17) is 33.2 Å². The van der Waals surface area contributed by atoms with Gasteiger partial charge in [0.1, 0.15) is 66.8 Å². The topological polar surface area (TPSA) is 284 Å². The number of rotatable bonds is 9. The van der Waals surface area contributed by atoms with Crippen molar-refractivity contribution in [3.63, 3.8) is 0 Å². The highest BCUT2D eigenvalue weighted by molar-refractivity contribution is 5.86. The number of hydrogen-bond acceptors (Lipinski definition) is 18. The highest BCUT2D eigenvalue weighted by atomic mass is 16.8. The van der Waals surface area contributed by atoms with Crippen LogP contribution >= 0.6 is 0 Å². The van der Waals surface area contributed by atoms with Crippen LogP contribution in [0.4, 0.5) is 0 Å². The van der Waals surface area contributed by atoms with Gasteiger partial charge in [-0.25, -0.2) is 0 Å². The molecule has 3 aliphatic heterocycles. The van der Waals surface area contributed by atoms with Crippen molar-refractivity contribution in [2.75, 3.05) is 26.9 Å². The van der Waals surface area contributed by atoms with Crippen LogP contribution in [0.5, 0.6) is 0 Å². The van der Waals surface area contributed by atoms with E-state index in [9.17, 15) is 55.9 Å². The lowest BCUT2D eigenvalue weighted by atomic mass is 9.33. The SMILES string of the molecule is CO[C@H]1C=C2[C@@H]3CC(C)(C)C(=O)C[C@]3(CO)[C@H](O)C[C@@]2(C)[C@]2(C)CC[C@H]3C(C)(C)[C@@H](O[C@@H]4O[C@H](C)[C@H](O)[C@H](O)[C@H]4O[C@@H]4O[C@H](CO)[C@H](O)[C@H](O)[C@H]4O[C@@H]4OC[C@@H](O)[C@H](O)[C@H]4O)CC[C@]3(C)[C@@H]12. The largest absolute Gasteiger partial charge is 0.396 e. The zero-order chi connectivity index (χ0) is 48.4. The second-order valence-electron chi connectivity index (χ2n) is 23.3. The third-order valence-corrected chi connectivity index (χ3v) is 19.2. The Morgan fingerprint density at radius 2 is 1.38 bits per heavy atom. The van der Waals surface area contributed by atoms with E-state index in [1.807, 2.05) is 13.8 Å². The molecule has 10 N–H and O–H groups in total. The normalized spacial score (nSPS) is 54.6. The third kappa shape index (κ3) is 7.65. The molecule has 0 bridgehead atoms. The summed E-state index contributed by atoms with van der Waals surface area (Å²) in [5.74, 6) is -0.0621. The first-order valence-corrected chi connectivity index (χ1v) is 24.1. The van der Waals surface area contributed by atoms with Crippen LogP contribution < -0.4 is 0 Å². The van der Waals surface area contributed by atoms with Gasteiger partial charge in [-0.3, -0.25) is 4.79 Å². The Kier molecular flexibility index (Phi) is 13.8. The Balaban J connectivity index is 1.07. The molecule has 3 saturated heterocycles. The molecule has 8 aliphatic rings. The summed E-state index contributed by atoms with van der Waals surface area (Å²) in [6.07, 6.45) is -16.9. The van der Waals surface area contributed by atoms with Crippen molar-refractivity contribution in [3.8, 4) is 0 Å². The molecule has 0 unspecified atom stereocenters. The molecule has 0 aromatic heterocycles. The number of ketones is 1. The zero-order valence-corrected chi connectivity index (χ0v) is 39.9.